The fourth-order valence-electron chi connectivity index (χ4n) is 5.32. The molecule has 1 aromatic heterocycles. The molecule has 0 aliphatic carbocycles. The van der Waals surface area contributed by atoms with Crippen LogP contribution in [0, 0.1) is 19.8 Å². The predicted octanol–water partition coefficient (Wildman–Crippen LogP) is 2.86. The van der Waals surface area contributed by atoms with Crippen molar-refractivity contribution in [3.05, 3.63) is 46.0 Å². The zero-order valence-electron chi connectivity index (χ0n) is 15.3. The number of carbonyl (C=O) groups excluding carboxylic acids is 1. The van der Waals surface area contributed by atoms with Gasteiger partial charge in [-0.25, -0.2) is 0 Å². The Labute approximate surface area is 158 Å². The lowest BCUT2D eigenvalue weighted by Gasteiger charge is -2.51. The minimum absolute atomic E-state index is 0.135. The van der Waals surface area contributed by atoms with Gasteiger partial charge in [-0.05, 0) is 62.8 Å². The summed E-state index contributed by atoms with van der Waals surface area (Å²) in [6.45, 7) is 7.18. The molecule has 4 fully saturated rings. The number of benzene rings is 1. The minimum atomic E-state index is 0.135. The molecule has 26 heavy (non-hydrogen) atoms. The third-order valence-corrected chi connectivity index (χ3v) is 7.42. The van der Waals surface area contributed by atoms with E-state index in [9.17, 15) is 4.79 Å². The van der Waals surface area contributed by atoms with Crippen molar-refractivity contribution in [2.45, 2.75) is 44.7 Å². The number of hydrogen-bond donors (Lipinski definition) is 0. The van der Waals surface area contributed by atoms with Crippen molar-refractivity contribution in [3.63, 3.8) is 0 Å². The Morgan fingerprint density at radius 1 is 1.12 bits per heavy atom. The molecule has 136 valence electrons. The van der Waals surface area contributed by atoms with E-state index in [1.54, 1.807) is 0 Å². The second-order valence-corrected chi connectivity index (χ2v) is 8.77. The number of aryl methyl sites for hydroxylation is 2. The van der Waals surface area contributed by atoms with E-state index in [0.717, 1.165) is 12.2 Å². The molecule has 2 bridgehead atoms. The molecule has 1 amide bonds. The Morgan fingerprint density at radius 3 is 2.50 bits per heavy atom. The van der Waals surface area contributed by atoms with Crippen molar-refractivity contribution in [1.82, 2.24) is 19.4 Å². The number of carbonyl (C=O) groups is 1. The van der Waals surface area contributed by atoms with Gasteiger partial charge in [0, 0.05) is 18.5 Å². The molecule has 0 spiro atoms. The fourth-order valence-corrected chi connectivity index (χ4v) is 5.93. The highest BCUT2D eigenvalue weighted by molar-refractivity contribution is 7.07. The number of hydrogen-bond acceptors (Lipinski definition) is 5. The number of aromatic nitrogens is 2. The first-order valence-corrected chi connectivity index (χ1v) is 10.3. The van der Waals surface area contributed by atoms with Crippen molar-refractivity contribution in [1.29, 1.82) is 0 Å². The molecule has 3 atom stereocenters. The molecule has 0 N–H and O–H groups in total. The smallest absolute Gasteiger partial charge is 0.267 e. The van der Waals surface area contributed by atoms with Gasteiger partial charge in [0.05, 0.1) is 11.7 Å². The van der Waals surface area contributed by atoms with E-state index in [1.165, 1.54) is 48.6 Å². The first-order chi connectivity index (χ1) is 12.6. The molecule has 6 heteroatoms. The van der Waals surface area contributed by atoms with Crippen LogP contribution in [0.15, 0.2) is 24.3 Å². The molecule has 5 nitrogen and oxygen atoms in total. The minimum Gasteiger partial charge on any atom is -0.332 e. The molecule has 0 saturated carbocycles. The summed E-state index contributed by atoms with van der Waals surface area (Å²) in [4.78, 5) is 18.8. The fraction of sp³-hybridized carbons (Fsp3) is 0.550. The summed E-state index contributed by atoms with van der Waals surface area (Å²) < 4.78 is 3.99. The number of likely N-dealkylation sites (tertiary alicyclic amines) is 1. The molecule has 5 heterocycles. The first kappa shape index (κ1) is 16.4. The number of piperidine rings is 3. The average molecular weight is 369 g/mol. The largest absolute Gasteiger partial charge is 0.332 e. The molecule has 2 aromatic rings. The van der Waals surface area contributed by atoms with Crippen LogP contribution in [0.2, 0.25) is 0 Å². The average Bonchev–Trinajstić information content (AvgIpc) is 3.28. The quantitative estimate of drug-likeness (QED) is 0.818. The molecule has 1 aromatic carbocycles. The van der Waals surface area contributed by atoms with Crippen molar-refractivity contribution in [2.24, 2.45) is 5.92 Å². The van der Waals surface area contributed by atoms with Gasteiger partial charge in [-0.3, -0.25) is 9.69 Å². The van der Waals surface area contributed by atoms with Crippen LogP contribution in [-0.2, 0) is 0 Å². The first-order valence-electron chi connectivity index (χ1n) is 9.54. The van der Waals surface area contributed by atoms with Gasteiger partial charge in [0.1, 0.15) is 4.88 Å². The highest BCUT2D eigenvalue weighted by Gasteiger charge is 2.54. The van der Waals surface area contributed by atoms with Crippen molar-refractivity contribution >= 4 is 17.4 Å². The van der Waals surface area contributed by atoms with Gasteiger partial charge in [-0.1, -0.05) is 34.3 Å². The van der Waals surface area contributed by atoms with Crippen LogP contribution in [0.4, 0.5) is 0 Å². The summed E-state index contributed by atoms with van der Waals surface area (Å²) in [5.41, 5.74) is 3.41. The van der Waals surface area contributed by atoms with Gasteiger partial charge in [0.25, 0.3) is 5.91 Å². The molecule has 4 aliphatic heterocycles. The molecule has 4 saturated heterocycles. The van der Waals surface area contributed by atoms with Crippen LogP contribution in [-0.4, -0.2) is 57.0 Å². The van der Waals surface area contributed by atoms with Crippen LogP contribution < -0.4 is 0 Å². The van der Waals surface area contributed by atoms with Gasteiger partial charge in [0.15, 0.2) is 0 Å². The third kappa shape index (κ3) is 2.42. The van der Waals surface area contributed by atoms with Crippen LogP contribution in [0.3, 0.4) is 0 Å². The summed E-state index contributed by atoms with van der Waals surface area (Å²) in [6, 6.07) is 9.69. The van der Waals surface area contributed by atoms with Gasteiger partial charge >= 0.3 is 0 Å². The number of fused-ring (bicyclic) bond motifs is 2. The number of amides is 1. The van der Waals surface area contributed by atoms with Crippen LogP contribution in [0.25, 0.3) is 0 Å². The predicted molar refractivity (Wildman–Crippen MR) is 101 cm³/mol. The van der Waals surface area contributed by atoms with Crippen molar-refractivity contribution < 1.29 is 4.79 Å². The molecule has 0 unspecified atom stereocenters. The van der Waals surface area contributed by atoms with E-state index >= 15 is 0 Å². The second-order valence-electron chi connectivity index (χ2n) is 8.02. The molecular weight excluding hydrogens is 344 g/mol. The maximum absolute atomic E-state index is 13.3. The lowest BCUT2D eigenvalue weighted by molar-refractivity contribution is -0.00328. The summed E-state index contributed by atoms with van der Waals surface area (Å²) in [7, 11) is 0. The molecule has 0 radical (unpaired) electrons. The maximum atomic E-state index is 13.3. The van der Waals surface area contributed by atoms with E-state index in [2.05, 4.69) is 50.6 Å². The summed E-state index contributed by atoms with van der Waals surface area (Å²) in [6.07, 6.45) is 2.43. The maximum Gasteiger partial charge on any atom is 0.267 e. The van der Waals surface area contributed by atoms with Gasteiger partial charge in [-0.15, -0.1) is 5.10 Å². The molecule has 6 rings (SSSR count). The Bertz CT molecular complexity index is 825. The normalized spacial score (nSPS) is 32.7. The highest BCUT2D eigenvalue weighted by atomic mass is 32.1. The third-order valence-electron chi connectivity index (χ3n) is 6.61. The Kier molecular flexibility index (Phi) is 3.87. The number of rotatable bonds is 2. The Hall–Kier alpha value is -1.79. The molecular formula is C20H24N4OS. The topological polar surface area (TPSA) is 49.3 Å². The van der Waals surface area contributed by atoms with Gasteiger partial charge < -0.3 is 4.90 Å². The van der Waals surface area contributed by atoms with E-state index in [4.69, 9.17) is 0 Å². The lowest BCUT2D eigenvalue weighted by atomic mass is 9.75. The van der Waals surface area contributed by atoms with E-state index in [1.807, 2.05) is 6.92 Å². The van der Waals surface area contributed by atoms with Crippen LogP contribution >= 0.6 is 11.5 Å². The lowest BCUT2D eigenvalue weighted by Crippen LogP contribution is -2.60. The SMILES string of the molecule is Cc1ccc([C@@H]2CN(C(=O)c3snnc3C)[C@H]3C4CCN(CC4)[C@@H]23)cc1. The summed E-state index contributed by atoms with van der Waals surface area (Å²) in [5.74, 6) is 1.16. The zero-order chi connectivity index (χ0) is 17.8. The standard InChI is InChI=1S/C20H24N4OS/c1-12-3-5-14(6-4-12)16-11-24(20(25)19-13(2)21-22-26-19)17-15-7-9-23(10-8-15)18(16)17/h3-6,15-18H,7-11H2,1-2H3/t16-,17-,18-/m0/s1. The number of nitrogens with zero attached hydrogens (tertiary/aromatic N) is 4. The zero-order valence-corrected chi connectivity index (χ0v) is 16.1. The molecule has 4 aliphatic rings. The van der Waals surface area contributed by atoms with E-state index < -0.39 is 0 Å². The highest BCUT2D eigenvalue weighted by Crippen LogP contribution is 2.47. The second kappa shape index (κ2) is 6.13. The van der Waals surface area contributed by atoms with Crippen molar-refractivity contribution in [3.8, 4) is 0 Å². The Morgan fingerprint density at radius 2 is 1.85 bits per heavy atom. The summed E-state index contributed by atoms with van der Waals surface area (Å²) >= 11 is 1.24. The van der Waals surface area contributed by atoms with E-state index in [0.29, 0.717) is 28.8 Å². The summed E-state index contributed by atoms with van der Waals surface area (Å²) in [5, 5.41) is 4.06. The van der Waals surface area contributed by atoms with Crippen LogP contribution in [0.5, 0.6) is 0 Å². The monoisotopic (exact) mass is 368 g/mol. The van der Waals surface area contributed by atoms with E-state index in [-0.39, 0.29) is 5.91 Å². The Balaban J connectivity index is 1.53. The van der Waals surface area contributed by atoms with Crippen LogP contribution in [0.1, 0.15) is 45.3 Å². The van der Waals surface area contributed by atoms with Crippen molar-refractivity contribution in [2.75, 3.05) is 19.6 Å². The van der Waals surface area contributed by atoms with Gasteiger partial charge in [0.2, 0.25) is 0 Å². The van der Waals surface area contributed by atoms with Gasteiger partial charge in [-0.2, -0.15) is 0 Å².